The summed E-state index contributed by atoms with van der Waals surface area (Å²) in [4.78, 5) is 31.4. The molecule has 0 unspecified atom stereocenters. The van der Waals surface area contributed by atoms with E-state index in [1.807, 2.05) is 12.3 Å². The Kier molecular flexibility index (Phi) is 4.28. The maximum absolute atomic E-state index is 12.8. The summed E-state index contributed by atoms with van der Waals surface area (Å²) in [6, 6.07) is 5.32. The molecule has 134 valence electrons. The average Bonchev–Trinajstić information content (AvgIpc) is 3.17. The molecule has 3 aromatic rings. The fourth-order valence-electron chi connectivity index (χ4n) is 3.67. The summed E-state index contributed by atoms with van der Waals surface area (Å²) in [6.45, 7) is 3.37. The normalized spacial score (nSPS) is 15.5. The van der Waals surface area contributed by atoms with Crippen LogP contribution >= 0.6 is 0 Å². The van der Waals surface area contributed by atoms with Crippen molar-refractivity contribution in [2.24, 2.45) is 0 Å². The third kappa shape index (κ3) is 2.79. The van der Waals surface area contributed by atoms with Gasteiger partial charge >= 0.3 is 0 Å². The minimum Gasteiger partial charge on any atom is -0.338 e. The van der Waals surface area contributed by atoms with Gasteiger partial charge in [0.1, 0.15) is 11.2 Å². The van der Waals surface area contributed by atoms with Crippen molar-refractivity contribution in [2.45, 2.75) is 32.1 Å². The first kappa shape index (κ1) is 16.5. The van der Waals surface area contributed by atoms with E-state index in [-0.39, 0.29) is 17.0 Å². The van der Waals surface area contributed by atoms with E-state index in [1.54, 1.807) is 23.2 Å². The second-order valence-electron chi connectivity index (χ2n) is 6.63. The number of carbonyl (C=O) groups excluding carboxylic acids is 1. The Bertz CT molecular complexity index is 998. The van der Waals surface area contributed by atoms with Crippen LogP contribution in [0.2, 0.25) is 0 Å². The van der Waals surface area contributed by atoms with Gasteiger partial charge in [-0.3, -0.25) is 19.1 Å². The van der Waals surface area contributed by atoms with Crippen LogP contribution in [0.3, 0.4) is 0 Å². The number of rotatable bonds is 3. The zero-order chi connectivity index (χ0) is 18.1. The van der Waals surface area contributed by atoms with Crippen molar-refractivity contribution in [3.63, 3.8) is 0 Å². The van der Waals surface area contributed by atoms with Gasteiger partial charge in [-0.15, -0.1) is 0 Å². The van der Waals surface area contributed by atoms with E-state index in [1.165, 1.54) is 21.9 Å². The van der Waals surface area contributed by atoms with E-state index in [2.05, 4.69) is 22.1 Å². The lowest BCUT2D eigenvalue weighted by atomic mass is 9.90. The summed E-state index contributed by atoms with van der Waals surface area (Å²) >= 11 is 0. The zero-order valence-corrected chi connectivity index (χ0v) is 14.7. The number of pyridine rings is 1. The van der Waals surface area contributed by atoms with Crippen molar-refractivity contribution in [3.8, 4) is 0 Å². The number of nitrogens with zero attached hydrogens (tertiary/aromatic N) is 4. The second kappa shape index (κ2) is 6.74. The van der Waals surface area contributed by atoms with Gasteiger partial charge < -0.3 is 4.90 Å². The van der Waals surface area contributed by atoms with Gasteiger partial charge in [-0.2, -0.15) is 5.10 Å². The topological polar surface area (TPSA) is 83.4 Å². The first-order valence-electron chi connectivity index (χ1n) is 8.97. The molecule has 3 aromatic heterocycles. The van der Waals surface area contributed by atoms with Gasteiger partial charge in [0, 0.05) is 37.1 Å². The van der Waals surface area contributed by atoms with Crippen molar-refractivity contribution < 1.29 is 4.79 Å². The monoisotopic (exact) mass is 351 g/mol. The minimum absolute atomic E-state index is 0.128. The molecule has 4 heterocycles. The van der Waals surface area contributed by atoms with Crippen LogP contribution in [0.5, 0.6) is 0 Å². The quantitative estimate of drug-likeness (QED) is 0.782. The van der Waals surface area contributed by atoms with Crippen LogP contribution in [0, 0.1) is 0 Å². The maximum atomic E-state index is 12.8. The molecule has 0 saturated carbocycles. The molecular formula is C19H21N5O2. The molecule has 0 aliphatic carbocycles. The number of amides is 1. The van der Waals surface area contributed by atoms with Crippen LogP contribution in [0.4, 0.5) is 0 Å². The molecule has 26 heavy (non-hydrogen) atoms. The van der Waals surface area contributed by atoms with Crippen molar-refractivity contribution in [1.82, 2.24) is 24.5 Å². The van der Waals surface area contributed by atoms with E-state index in [9.17, 15) is 9.59 Å². The fraction of sp³-hybridized carbons (Fsp3) is 0.368. The van der Waals surface area contributed by atoms with Crippen molar-refractivity contribution in [2.75, 3.05) is 13.1 Å². The molecule has 0 spiro atoms. The molecule has 1 aliphatic rings. The molecule has 1 fully saturated rings. The molecule has 0 aromatic carbocycles. The van der Waals surface area contributed by atoms with Crippen LogP contribution in [0.25, 0.3) is 5.65 Å². The average molecular weight is 351 g/mol. The minimum atomic E-state index is -0.315. The Morgan fingerprint density at radius 3 is 2.85 bits per heavy atom. The first-order valence-corrected chi connectivity index (χ1v) is 8.97. The number of aryl methyl sites for hydroxylation is 1. The standard InChI is InChI=1S/C19H21N5O2/c1-2-13-11-21-22-17(13)14-6-9-23(10-7-14)18(25)15-12-20-16-5-3-4-8-24(16)19(15)26/h3-5,8,11-12,14H,2,6-7,9-10H2,1H3,(H,21,22). The number of carbonyl (C=O) groups is 1. The highest BCUT2D eigenvalue weighted by Crippen LogP contribution is 2.29. The molecule has 7 nitrogen and oxygen atoms in total. The molecule has 1 amide bonds. The Morgan fingerprint density at radius 1 is 1.27 bits per heavy atom. The Hall–Kier alpha value is -2.96. The van der Waals surface area contributed by atoms with Gasteiger partial charge in [0.15, 0.2) is 0 Å². The summed E-state index contributed by atoms with van der Waals surface area (Å²) in [5.74, 6) is 0.145. The third-order valence-electron chi connectivity index (χ3n) is 5.17. The molecule has 4 rings (SSSR count). The Labute approximate surface area is 150 Å². The predicted molar refractivity (Wildman–Crippen MR) is 97.3 cm³/mol. The maximum Gasteiger partial charge on any atom is 0.270 e. The van der Waals surface area contributed by atoms with Gasteiger partial charge in [-0.1, -0.05) is 13.0 Å². The van der Waals surface area contributed by atoms with Crippen LogP contribution in [-0.2, 0) is 6.42 Å². The number of piperidine rings is 1. The molecule has 7 heteroatoms. The summed E-state index contributed by atoms with van der Waals surface area (Å²) in [5.41, 5.74) is 2.78. The Morgan fingerprint density at radius 2 is 2.08 bits per heavy atom. The van der Waals surface area contributed by atoms with Crippen LogP contribution in [0.1, 0.15) is 47.3 Å². The fourth-order valence-corrected chi connectivity index (χ4v) is 3.67. The Balaban J connectivity index is 1.52. The van der Waals surface area contributed by atoms with E-state index in [0.717, 1.165) is 19.3 Å². The largest absolute Gasteiger partial charge is 0.338 e. The van der Waals surface area contributed by atoms with E-state index in [4.69, 9.17) is 0 Å². The number of nitrogens with one attached hydrogen (secondary N) is 1. The SMILES string of the molecule is CCc1cn[nH]c1C1CCN(C(=O)c2cnc3ccccn3c2=O)CC1. The summed E-state index contributed by atoms with van der Waals surface area (Å²) in [7, 11) is 0. The van der Waals surface area contributed by atoms with Crippen molar-refractivity contribution in [1.29, 1.82) is 0 Å². The highest BCUT2D eigenvalue weighted by molar-refractivity contribution is 5.93. The van der Waals surface area contributed by atoms with Crippen LogP contribution in [0.15, 0.2) is 41.6 Å². The lowest BCUT2D eigenvalue weighted by Crippen LogP contribution is -2.40. The smallest absolute Gasteiger partial charge is 0.270 e. The lowest BCUT2D eigenvalue weighted by molar-refractivity contribution is 0.0709. The van der Waals surface area contributed by atoms with Gasteiger partial charge in [0.2, 0.25) is 0 Å². The van der Waals surface area contributed by atoms with E-state index >= 15 is 0 Å². The van der Waals surface area contributed by atoms with Crippen LogP contribution < -0.4 is 5.56 Å². The number of hydrogen-bond acceptors (Lipinski definition) is 4. The van der Waals surface area contributed by atoms with Gasteiger partial charge in [0.05, 0.1) is 6.20 Å². The number of aromatic amines is 1. The summed E-state index contributed by atoms with van der Waals surface area (Å²) < 4.78 is 1.41. The highest BCUT2D eigenvalue weighted by atomic mass is 16.2. The molecule has 1 N–H and O–H groups in total. The van der Waals surface area contributed by atoms with Crippen molar-refractivity contribution in [3.05, 3.63) is 64.0 Å². The van der Waals surface area contributed by atoms with E-state index < -0.39 is 0 Å². The zero-order valence-electron chi connectivity index (χ0n) is 14.7. The van der Waals surface area contributed by atoms with Gasteiger partial charge in [-0.05, 0) is 37.0 Å². The number of aromatic nitrogens is 4. The van der Waals surface area contributed by atoms with Gasteiger partial charge in [-0.25, -0.2) is 4.98 Å². The predicted octanol–water partition coefficient (Wildman–Crippen LogP) is 2.00. The van der Waals surface area contributed by atoms with Crippen molar-refractivity contribution >= 4 is 11.6 Å². The molecular weight excluding hydrogens is 330 g/mol. The van der Waals surface area contributed by atoms with Crippen LogP contribution in [-0.4, -0.2) is 43.5 Å². The summed E-state index contributed by atoms with van der Waals surface area (Å²) in [5, 5.41) is 7.27. The number of likely N-dealkylation sites (tertiary alicyclic amines) is 1. The number of fused-ring (bicyclic) bond motifs is 1. The number of H-pyrrole nitrogens is 1. The lowest BCUT2D eigenvalue weighted by Gasteiger charge is -2.31. The number of hydrogen-bond donors (Lipinski definition) is 1. The molecule has 1 saturated heterocycles. The van der Waals surface area contributed by atoms with Gasteiger partial charge in [0.25, 0.3) is 11.5 Å². The molecule has 1 aliphatic heterocycles. The highest BCUT2D eigenvalue weighted by Gasteiger charge is 2.28. The third-order valence-corrected chi connectivity index (χ3v) is 5.17. The molecule has 0 bridgehead atoms. The molecule has 0 atom stereocenters. The van der Waals surface area contributed by atoms with E-state index in [0.29, 0.717) is 24.7 Å². The first-order chi connectivity index (χ1) is 12.7. The molecule has 0 radical (unpaired) electrons. The second-order valence-corrected chi connectivity index (χ2v) is 6.63. The summed E-state index contributed by atoms with van der Waals surface area (Å²) in [6.07, 6.45) is 7.60.